The van der Waals surface area contributed by atoms with E-state index in [9.17, 15) is 9.59 Å². The number of hydrogen-bond donors (Lipinski definition) is 1. The first-order valence-corrected chi connectivity index (χ1v) is 10.7. The highest BCUT2D eigenvalue weighted by atomic mass is 35.5. The average Bonchev–Trinajstić information content (AvgIpc) is 2.71. The molecule has 2 aromatic rings. The van der Waals surface area contributed by atoms with Crippen LogP contribution in [0.2, 0.25) is 5.02 Å². The van der Waals surface area contributed by atoms with E-state index in [0.29, 0.717) is 29.6 Å². The predicted molar refractivity (Wildman–Crippen MR) is 117 cm³/mol. The third-order valence-electron chi connectivity index (χ3n) is 5.35. The molecule has 2 unspecified atom stereocenters. The maximum Gasteiger partial charge on any atom is 0.254 e. The number of hydrogen-bond acceptors (Lipinski definition) is 2. The molecular weight excluding hydrogens is 384 g/mol. The molecule has 2 atom stereocenters. The van der Waals surface area contributed by atoms with Crippen LogP contribution >= 0.6 is 11.6 Å². The summed E-state index contributed by atoms with van der Waals surface area (Å²) in [6.45, 7) is 7.45. The van der Waals surface area contributed by atoms with E-state index >= 15 is 0 Å². The molecule has 0 bridgehead atoms. The van der Waals surface area contributed by atoms with E-state index in [2.05, 4.69) is 26.1 Å². The molecule has 1 heterocycles. The molecular formula is C24H29ClN2O2. The largest absolute Gasteiger partial charge is 0.355 e. The number of carbonyl (C=O) groups is 2. The molecule has 29 heavy (non-hydrogen) atoms. The number of amides is 2. The quantitative estimate of drug-likeness (QED) is 0.680. The molecule has 5 heteroatoms. The molecule has 2 aromatic carbocycles. The molecule has 154 valence electrons. The van der Waals surface area contributed by atoms with Gasteiger partial charge in [-0.2, -0.15) is 0 Å². The Balaban J connectivity index is 2.13. The van der Waals surface area contributed by atoms with Gasteiger partial charge < -0.3 is 10.2 Å². The standard InChI is InChI=1S/C24H29ClN2O2/c1-4-5-13-27-22(17-9-8-10-18(25)14-17)21(23(28)26-15-16(2)3)19-11-6-7-12-20(19)24(27)29/h6-12,14,16,21-22H,4-5,13,15H2,1-3H3,(H,26,28). The van der Waals surface area contributed by atoms with Gasteiger partial charge in [0.2, 0.25) is 5.91 Å². The van der Waals surface area contributed by atoms with E-state index in [-0.39, 0.29) is 17.9 Å². The topological polar surface area (TPSA) is 49.4 Å². The van der Waals surface area contributed by atoms with Crippen molar-refractivity contribution in [3.8, 4) is 0 Å². The molecule has 4 nitrogen and oxygen atoms in total. The van der Waals surface area contributed by atoms with Crippen molar-refractivity contribution >= 4 is 23.4 Å². The number of unbranched alkanes of at least 4 members (excludes halogenated alkanes) is 1. The zero-order chi connectivity index (χ0) is 21.0. The Bertz CT molecular complexity index is 881. The van der Waals surface area contributed by atoms with E-state index in [1.54, 1.807) is 0 Å². The third-order valence-corrected chi connectivity index (χ3v) is 5.58. The highest BCUT2D eigenvalue weighted by Gasteiger charge is 2.43. The van der Waals surface area contributed by atoms with Crippen LogP contribution in [0, 0.1) is 5.92 Å². The molecule has 0 saturated carbocycles. The third kappa shape index (κ3) is 4.64. The molecule has 2 amide bonds. The zero-order valence-corrected chi connectivity index (χ0v) is 18.1. The van der Waals surface area contributed by atoms with Gasteiger partial charge in [0.15, 0.2) is 0 Å². The van der Waals surface area contributed by atoms with Gasteiger partial charge >= 0.3 is 0 Å². The van der Waals surface area contributed by atoms with E-state index in [0.717, 1.165) is 24.0 Å². The van der Waals surface area contributed by atoms with Crippen molar-refractivity contribution < 1.29 is 9.59 Å². The van der Waals surface area contributed by atoms with E-state index < -0.39 is 5.92 Å². The summed E-state index contributed by atoms with van der Waals surface area (Å²) >= 11 is 6.28. The molecule has 0 fully saturated rings. The highest BCUT2D eigenvalue weighted by molar-refractivity contribution is 6.30. The molecule has 1 N–H and O–H groups in total. The first kappa shape index (κ1) is 21.4. The maximum atomic E-state index is 13.4. The summed E-state index contributed by atoms with van der Waals surface area (Å²) in [5, 5.41) is 3.69. The van der Waals surface area contributed by atoms with Crippen LogP contribution in [-0.4, -0.2) is 29.8 Å². The summed E-state index contributed by atoms with van der Waals surface area (Å²) in [6.07, 6.45) is 1.85. The Morgan fingerprint density at radius 1 is 1.17 bits per heavy atom. The SMILES string of the molecule is CCCCN1C(=O)c2ccccc2C(C(=O)NCC(C)C)C1c1cccc(Cl)c1. The Morgan fingerprint density at radius 2 is 1.93 bits per heavy atom. The second-order valence-corrected chi connectivity index (χ2v) is 8.49. The first-order valence-electron chi connectivity index (χ1n) is 10.4. The van der Waals surface area contributed by atoms with Crippen LogP contribution in [0.4, 0.5) is 0 Å². The number of rotatable bonds is 7. The van der Waals surface area contributed by atoms with Crippen molar-refractivity contribution in [2.75, 3.05) is 13.1 Å². The number of benzene rings is 2. The van der Waals surface area contributed by atoms with Crippen molar-refractivity contribution in [1.82, 2.24) is 10.2 Å². The summed E-state index contributed by atoms with van der Waals surface area (Å²) < 4.78 is 0. The van der Waals surface area contributed by atoms with Gasteiger partial charge in [0.05, 0.1) is 12.0 Å². The van der Waals surface area contributed by atoms with Crippen LogP contribution in [0.15, 0.2) is 48.5 Å². The second-order valence-electron chi connectivity index (χ2n) is 8.06. The number of carbonyl (C=O) groups excluding carboxylic acids is 2. The van der Waals surface area contributed by atoms with Gasteiger partial charge in [0, 0.05) is 23.7 Å². The van der Waals surface area contributed by atoms with Crippen molar-refractivity contribution in [3.05, 3.63) is 70.2 Å². The summed E-state index contributed by atoms with van der Waals surface area (Å²) in [7, 11) is 0. The van der Waals surface area contributed by atoms with Crippen LogP contribution in [0.1, 0.15) is 67.1 Å². The molecule has 1 aliphatic rings. The maximum absolute atomic E-state index is 13.4. The Kier molecular flexibility index (Phi) is 6.96. The smallest absolute Gasteiger partial charge is 0.254 e. The minimum absolute atomic E-state index is 0.0214. The average molecular weight is 413 g/mol. The van der Waals surface area contributed by atoms with Crippen LogP contribution < -0.4 is 5.32 Å². The van der Waals surface area contributed by atoms with E-state index in [1.807, 2.05) is 53.4 Å². The molecule has 0 aromatic heterocycles. The minimum Gasteiger partial charge on any atom is -0.355 e. The molecule has 0 radical (unpaired) electrons. The van der Waals surface area contributed by atoms with Gasteiger partial charge in [0.25, 0.3) is 5.91 Å². The van der Waals surface area contributed by atoms with Gasteiger partial charge in [-0.1, -0.05) is 69.1 Å². The lowest BCUT2D eigenvalue weighted by molar-refractivity contribution is -0.124. The van der Waals surface area contributed by atoms with Gasteiger partial charge in [-0.05, 0) is 41.7 Å². The van der Waals surface area contributed by atoms with Crippen LogP contribution in [0.5, 0.6) is 0 Å². The van der Waals surface area contributed by atoms with Crippen LogP contribution in [0.3, 0.4) is 0 Å². The van der Waals surface area contributed by atoms with Crippen molar-refractivity contribution in [2.45, 2.75) is 45.6 Å². The number of nitrogens with zero attached hydrogens (tertiary/aromatic N) is 1. The molecule has 0 saturated heterocycles. The number of nitrogens with one attached hydrogen (secondary N) is 1. The van der Waals surface area contributed by atoms with Crippen LogP contribution in [0.25, 0.3) is 0 Å². The normalized spacial score (nSPS) is 18.7. The fourth-order valence-corrected chi connectivity index (χ4v) is 4.12. The zero-order valence-electron chi connectivity index (χ0n) is 17.3. The molecule has 1 aliphatic heterocycles. The summed E-state index contributed by atoms with van der Waals surface area (Å²) in [6, 6.07) is 14.6. The Morgan fingerprint density at radius 3 is 2.62 bits per heavy atom. The van der Waals surface area contributed by atoms with E-state index in [1.165, 1.54) is 0 Å². The summed E-state index contributed by atoms with van der Waals surface area (Å²) in [5.41, 5.74) is 2.30. The van der Waals surface area contributed by atoms with Crippen molar-refractivity contribution in [3.63, 3.8) is 0 Å². The van der Waals surface area contributed by atoms with Gasteiger partial charge in [-0.15, -0.1) is 0 Å². The van der Waals surface area contributed by atoms with Crippen molar-refractivity contribution in [2.24, 2.45) is 5.92 Å². The van der Waals surface area contributed by atoms with Crippen molar-refractivity contribution in [1.29, 1.82) is 0 Å². The fourth-order valence-electron chi connectivity index (χ4n) is 3.93. The van der Waals surface area contributed by atoms with Crippen LogP contribution in [-0.2, 0) is 4.79 Å². The molecule has 0 spiro atoms. The summed E-state index contributed by atoms with van der Waals surface area (Å²) in [5.74, 6) is -0.199. The predicted octanol–water partition coefficient (Wildman–Crippen LogP) is 5.19. The Hall–Kier alpha value is -2.33. The number of halogens is 1. The monoisotopic (exact) mass is 412 g/mol. The fraction of sp³-hybridized carbons (Fsp3) is 0.417. The lowest BCUT2D eigenvalue weighted by atomic mass is 9.79. The second kappa shape index (κ2) is 9.45. The van der Waals surface area contributed by atoms with E-state index in [4.69, 9.17) is 11.6 Å². The minimum atomic E-state index is -0.474. The molecule has 3 rings (SSSR count). The lowest BCUT2D eigenvalue weighted by Crippen LogP contribution is -2.48. The summed E-state index contributed by atoms with van der Waals surface area (Å²) in [4.78, 5) is 28.6. The Labute approximate surface area is 178 Å². The first-order chi connectivity index (χ1) is 13.9. The molecule has 0 aliphatic carbocycles. The van der Waals surface area contributed by atoms with Gasteiger partial charge in [-0.25, -0.2) is 0 Å². The van der Waals surface area contributed by atoms with Gasteiger partial charge in [-0.3, -0.25) is 9.59 Å². The number of fused-ring (bicyclic) bond motifs is 1. The highest BCUT2D eigenvalue weighted by Crippen LogP contribution is 2.43. The lowest BCUT2D eigenvalue weighted by Gasteiger charge is -2.42. The van der Waals surface area contributed by atoms with Gasteiger partial charge in [0.1, 0.15) is 0 Å².